The lowest BCUT2D eigenvalue weighted by atomic mass is 10.2. The van der Waals surface area contributed by atoms with E-state index in [1.54, 1.807) is 40.7 Å². The number of hydrogen-bond acceptors (Lipinski definition) is 7. The van der Waals surface area contributed by atoms with Gasteiger partial charge in [-0.1, -0.05) is 12.1 Å². The summed E-state index contributed by atoms with van der Waals surface area (Å²) in [6.07, 6.45) is -1.35. The van der Waals surface area contributed by atoms with E-state index in [4.69, 9.17) is 14.0 Å². The Morgan fingerprint density at radius 1 is 1.32 bits per heavy atom. The number of alkyl carbamates (subject to hydrolysis) is 1. The molecular weight excluding hydrogens is 330 g/mol. The van der Waals surface area contributed by atoms with E-state index in [2.05, 4.69) is 15.8 Å². The zero-order chi connectivity index (χ0) is 19.0. The van der Waals surface area contributed by atoms with Crippen LogP contribution in [0.2, 0.25) is 0 Å². The highest BCUT2D eigenvalue weighted by atomic mass is 16.6. The number of carbonyl (C=O) groups excluding carboxylic acids is 3. The highest BCUT2D eigenvalue weighted by molar-refractivity contribution is 5.94. The van der Waals surface area contributed by atoms with Gasteiger partial charge in [0, 0.05) is 12.6 Å². The smallest absolute Gasteiger partial charge is 0.407 e. The maximum atomic E-state index is 12.1. The number of rotatable bonds is 7. The Bertz CT molecular complexity index is 605. The molecular formula is C16H25N3O6. The lowest BCUT2D eigenvalue weighted by Gasteiger charge is -2.19. The Kier molecular flexibility index (Phi) is 7.41. The number of esters is 1. The largest absolute Gasteiger partial charge is 0.452 e. The Morgan fingerprint density at radius 2 is 2.00 bits per heavy atom. The Labute approximate surface area is 146 Å². The van der Waals surface area contributed by atoms with Crippen molar-refractivity contribution in [3.05, 3.63) is 11.8 Å². The van der Waals surface area contributed by atoms with Crippen molar-refractivity contribution < 1.29 is 28.4 Å². The molecule has 0 radical (unpaired) electrons. The molecule has 0 aromatic carbocycles. The minimum atomic E-state index is -0.953. The van der Waals surface area contributed by atoms with E-state index in [1.807, 2.05) is 0 Å². The van der Waals surface area contributed by atoms with Crippen LogP contribution in [0.5, 0.6) is 0 Å². The van der Waals surface area contributed by atoms with E-state index in [-0.39, 0.29) is 18.8 Å². The fourth-order valence-corrected chi connectivity index (χ4v) is 1.75. The summed E-state index contributed by atoms with van der Waals surface area (Å²) in [6, 6.07) is 1.55. The molecule has 1 aromatic heterocycles. The van der Waals surface area contributed by atoms with E-state index in [0.717, 1.165) is 0 Å². The third-order valence-corrected chi connectivity index (χ3v) is 2.81. The van der Waals surface area contributed by atoms with Crippen LogP contribution in [-0.2, 0) is 19.1 Å². The summed E-state index contributed by atoms with van der Waals surface area (Å²) < 4.78 is 15.0. The quantitative estimate of drug-likeness (QED) is 0.719. The molecule has 1 unspecified atom stereocenters. The Hall–Kier alpha value is -2.58. The molecule has 0 fully saturated rings. The zero-order valence-electron chi connectivity index (χ0n) is 15.2. The van der Waals surface area contributed by atoms with Crippen LogP contribution in [0.3, 0.4) is 0 Å². The van der Waals surface area contributed by atoms with Gasteiger partial charge in [-0.15, -0.1) is 0 Å². The molecule has 1 rings (SSSR count). The van der Waals surface area contributed by atoms with Gasteiger partial charge in [0.15, 0.2) is 11.9 Å². The summed E-state index contributed by atoms with van der Waals surface area (Å²) in [4.78, 5) is 35.3. The second-order valence-corrected chi connectivity index (χ2v) is 6.38. The summed E-state index contributed by atoms with van der Waals surface area (Å²) in [7, 11) is 0. The minimum absolute atomic E-state index is 0.0499. The minimum Gasteiger partial charge on any atom is -0.452 e. The van der Waals surface area contributed by atoms with Gasteiger partial charge in [0.2, 0.25) is 0 Å². The maximum Gasteiger partial charge on any atom is 0.407 e. The number of nitrogens with one attached hydrogen (secondary N) is 2. The summed E-state index contributed by atoms with van der Waals surface area (Å²) in [5.41, 5.74) is -0.616. The van der Waals surface area contributed by atoms with Crippen LogP contribution >= 0.6 is 0 Å². The maximum absolute atomic E-state index is 12.1. The SMILES string of the molecule is CCC(OC(=O)CCNC(=O)OC(C)(C)C)C(=O)Nc1cc(C)on1. The van der Waals surface area contributed by atoms with Crippen molar-refractivity contribution >= 4 is 23.8 Å². The molecule has 0 saturated heterocycles. The normalized spacial score (nSPS) is 12.2. The van der Waals surface area contributed by atoms with Crippen molar-refractivity contribution in [1.29, 1.82) is 0 Å². The lowest BCUT2D eigenvalue weighted by molar-refractivity contribution is -0.154. The van der Waals surface area contributed by atoms with Crippen molar-refractivity contribution in [2.75, 3.05) is 11.9 Å². The molecule has 2 amide bonds. The molecule has 9 heteroatoms. The second kappa shape index (κ2) is 9.05. The van der Waals surface area contributed by atoms with E-state index in [1.165, 1.54) is 0 Å². The molecule has 0 aliphatic carbocycles. The fourth-order valence-electron chi connectivity index (χ4n) is 1.75. The highest BCUT2D eigenvalue weighted by Crippen LogP contribution is 2.10. The van der Waals surface area contributed by atoms with Crippen LogP contribution in [0.15, 0.2) is 10.6 Å². The first-order valence-corrected chi connectivity index (χ1v) is 8.01. The van der Waals surface area contributed by atoms with Crippen LogP contribution in [0.1, 0.15) is 46.3 Å². The molecule has 2 N–H and O–H groups in total. The number of anilines is 1. The molecule has 0 aliphatic rings. The predicted octanol–water partition coefficient (Wildman–Crippen LogP) is 2.16. The standard InChI is InChI=1S/C16H25N3O6/c1-6-11(14(21)18-12-9-10(2)25-19-12)23-13(20)7-8-17-15(22)24-16(3,4)5/h9,11H,6-8H2,1-5H3,(H,17,22)(H,18,19,21). The molecule has 0 spiro atoms. The van der Waals surface area contributed by atoms with E-state index >= 15 is 0 Å². The lowest BCUT2D eigenvalue weighted by Crippen LogP contribution is -2.35. The Balaban J connectivity index is 2.37. The van der Waals surface area contributed by atoms with Crippen LogP contribution in [0.4, 0.5) is 10.6 Å². The molecule has 0 saturated carbocycles. The van der Waals surface area contributed by atoms with Crippen LogP contribution < -0.4 is 10.6 Å². The average Bonchev–Trinajstić information content (AvgIpc) is 2.87. The van der Waals surface area contributed by atoms with E-state index in [0.29, 0.717) is 12.2 Å². The molecule has 1 aromatic rings. The van der Waals surface area contributed by atoms with Crippen molar-refractivity contribution in [3.63, 3.8) is 0 Å². The molecule has 1 heterocycles. The number of aryl methyl sites for hydroxylation is 1. The van der Waals surface area contributed by atoms with Crippen LogP contribution in [0, 0.1) is 6.92 Å². The average molecular weight is 355 g/mol. The van der Waals surface area contributed by atoms with Crippen molar-refractivity contribution in [3.8, 4) is 0 Å². The molecule has 9 nitrogen and oxygen atoms in total. The third kappa shape index (κ3) is 8.18. The summed E-state index contributed by atoms with van der Waals surface area (Å²) in [6.45, 7) is 8.67. The molecule has 0 bridgehead atoms. The topological polar surface area (TPSA) is 120 Å². The highest BCUT2D eigenvalue weighted by Gasteiger charge is 2.22. The van der Waals surface area contributed by atoms with Gasteiger partial charge in [-0.2, -0.15) is 0 Å². The second-order valence-electron chi connectivity index (χ2n) is 6.38. The molecule has 0 aliphatic heterocycles. The number of aromatic nitrogens is 1. The number of ether oxygens (including phenoxy) is 2. The van der Waals surface area contributed by atoms with Gasteiger partial charge in [0.25, 0.3) is 5.91 Å². The van der Waals surface area contributed by atoms with E-state index < -0.39 is 29.7 Å². The van der Waals surface area contributed by atoms with Crippen LogP contribution in [-0.4, -0.2) is 41.4 Å². The first-order chi connectivity index (χ1) is 11.6. The van der Waals surface area contributed by atoms with Crippen molar-refractivity contribution in [2.24, 2.45) is 0 Å². The van der Waals surface area contributed by atoms with Gasteiger partial charge in [0.1, 0.15) is 11.4 Å². The van der Waals surface area contributed by atoms with Gasteiger partial charge in [-0.25, -0.2) is 4.79 Å². The van der Waals surface area contributed by atoms with Gasteiger partial charge < -0.3 is 24.6 Å². The predicted molar refractivity (Wildman–Crippen MR) is 88.9 cm³/mol. The van der Waals surface area contributed by atoms with E-state index in [9.17, 15) is 14.4 Å². The van der Waals surface area contributed by atoms with Gasteiger partial charge in [-0.05, 0) is 34.1 Å². The molecule has 25 heavy (non-hydrogen) atoms. The number of hydrogen-bond donors (Lipinski definition) is 2. The third-order valence-electron chi connectivity index (χ3n) is 2.81. The zero-order valence-corrected chi connectivity index (χ0v) is 15.2. The Morgan fingerprint density at radius 3 is 2.52 bits per heavy atom. The van der Waals surface area contributed by atoms with Gasteiger partial charge >= 0.3 is 12.1 Å². The summed E-state index contributed by atoms with van der Waals surface area (Å²) in [5, 5.41) is 8.60. The monoisotopic (exact) mass is 355 g/mol. The van der Waals surface area contributed by atoms with Crippen LogP contribution in [0.25, 0.3) is 0 Å². The van der Waals surface area contributed by atoms with Gasteiger partial charge in [-0.3, -0.25) is 9.59 Å². The molecule has 1 atom stereocenters. The van der Waals surface area contributed by atoms with Crippen molar-refractivity contribution in [2.45, 2.75) is 59.2 Å². The number of amides is 2. The number of nitrogens with zero attached hydrogens (tertiary/aromatic N) is 1. The first-order valence-electron chi connectivity index (χ1n) is 8.01. The summed E-state index contributed by atoms with van der Waals surface area (Å²) in [5.74, 6) is -0.296. The van der Waals surface area contributed by atoms with Crippen molar-refractivity contribution in [1.82, 2.24) is 10.5 Å². The first kappa shape index (κ1) is 20.5. The fraction of sp³-hybridized carbons (Fsp3) is 0.625. The summed E-state index contributed by atoms with van der Waals surface area (Å²) >= 11 is 0. The number of carbonyl (C=O) groups is 3. The molecule has 140 valence electrons. The van der Waals surface area contributed by atoms with Gasteiger partial charge in [0.05, 0.1) is 6.42 Å².